The number of aryl methyl sites for hydroxylation is 4. The van der Waals surface area contributed by atoms with Crippen molar-refractivity contribution in [2.75, 3.05) is 0 Å². The SMILES string of the molecule is Cc1ccc(-c2ccc3c4ccc(-c5ccc(C)cc5)cc4n(-c4cc(-c5cc(C#N)cc(C(F)(F)F)c5)c(-n5c6cc(-c7ccc(C)cc7)ccc6c6ccc(-c7ccc(C)cc7)cc65)cc4C#N)c3c2)cc1. The van der Waals surface area contributed by atoms with Crippen LogP contribution in [0.1, 0.15) is 38.9 Å². The van der Waals surface area contributed by atoms with Crippen LogP contribution in [-0.2, 0) is 6.18 Å². The Kier molecular flexibility index (Phi) is 10.9. The second-order valence-corrected chi connectivity index (χ2v) is 19.5. The Balaban J connectivity index is 1.22. The molecule has 0 N–H and O–H groups in total. The fourth-order valence-electron chi connectivity index (χ4n) is 10.5. The van der Waals surface area contributed by atoms with Gasteiger partial charge < -0.3 is 9.13 Å². The highest BCUT2D eigenvalue weighted by Crippen LogP contribution is 2.45. The average molecular weight is 963 g/mol. The Morgan fingerprint density at radius 1 is 0.338 bits per heavy atom. The number of benzene rings is 10. The van der Waals surface area contributed by atoms with Crippen LogP contribution >= 0.6 is 0 Å². The molecule has 0 bridgehead atoms. The lowest BCUT2D eigenvalue weighted by atomic mass is 9.95. The van der Waals surface area contributed by atoms with Gasteiger partial charge in [0.15, 0.2) is 0 Å². The predicted octanol–water partition coefficient (Wildman–Crippen LogP) is 18.2. The van der Waals surface area contributed by atoms with E-state index in [0.29, 0.717) is 22.5 Å². The normalized spacial score (nSPS) is 11.7. The molecule has 0 saturated heterocycles. The molecule has 0 aliphatic carbocycles. The largest absolute Gasteiger partial charge is 0.416 e. The Bertz CT molecular complexity index is 4110. The van der Waals surface area contributed by atoms with Gasteiger partial charge in [0.1, 0.15) is 6.07 Å². The summed E-state index contributed by atoms with van der Waals surface area (Å²) in [7, 11) is 0. The first-order chi connectivity index (χ1) is 35.8. The summed E-state index contributed by atoms with van der Waals surface area (Å²) in [5.41, 5.74) is 16.4. The molecule has 2 aromatic heterocycles. The van der Waals surface area contributed by atoms with Crippen LogP contribution in [0, 0.1) is 50.4 Å². The molecule has 0 amide bonds. The summed E-state index contributed by atoms with van der Waals surface area (Å²) in [6.07, 6.45) is -4.76. The van der Waals surface area contributed by atoms with Crippen molar-refractivity contribution in [2.45, 2.75) is 33.9 Å². The summed E-state index contributed by atoms with van der Waals surface area (Å²) in [4.78, 5) is 0. The average Bonchev–Trinajstić information content (AvgIpc) is 3.92. The first-order valence-electron chi connectivity index (χ1n) is 24.5. The molecule has 0 aliphatic rings. The van der Waals surface area contributed by atoms with Gasteiger partial charge in [0.2, 0.25) is 0 Å². The van der Waals surface area contributed by atoms with Gasteiger partial charge in [-0.2, -0.15) is 23.7 Å². The minimum absolute atomic E-state index is 0.139. The van der Waals surface area contributed by atoms with Gasteiger partial charge in [-0.25, -0.2) is 0 Å². The second kappa shape index (κ2) is 17.7. The number of hydrogen-bond donors (Lipinski definition) is 0. The van der Waals surface area contributed by atoms with E-state index in [4.69, 9.17) is 0 Å². The molecule has 0 aliphatic heterocycles. The Labute approximate surface area is 426 Å². The van der Waals surface area contributed by atoms with Crippen LogP contribution in [-0.4, -0.2) is 9.13 Å². The summed E-state index contributed by atoms with van der Waals surface area (Å²) in [5, 5.41) is 25.7. The van der Waals surface area contributed by atoms with Crippen molar-refractivity contribution in [3.05, 3.63) is 239 Å². The van der Waals surface area contributed by atoms with E-state index >= 15 is 13.2 Å². The molecule has 7 heteroatoms. The number of fused-ring (bicyclic) bond motifs is 6. The molecule has 4 nitrogen and oxygen atoms in total. The first kappa shape index (κ1) is 45.7. The maximum absolute atomic E-state index is 15.1. The molecule has 12 rings (SSSR count). The zero-order chi connectivity index (χ0) is 51.0. The third-order valence-corrected chi connectivity index (χ3v) is 14.5. The lowest BCUT2D eigenvalue weighted by Crippen LogP contribution is -2.07. The van der Waals surface area contributed by atoms with Crippen molar-refractivity contribution >= 4 is 43.6 Å². The molecule has 0 atom stereocenters. The van der Waals surface area contributed by atoms with E-state index in [-0.39, 0.29) is 11.1 Å². The fourth-order valence-corrected chi connectivity index (χ4v) is 10.5. The van der Waals surface area contributed by atoms with E-state index in [2.05, 4.69) is 199 Å². The highest BCUT2D eigenvalue weighted by atomic mass is 19.4. The molecule has 0 saturated carbocycles. The van der Waals surface area contributed by atoms with Crippen molar-refractivity contribution in [2.24, 2.45) is 0 Å². The molecule has 354 valence electrons. The zero-order valence-electron chi connectivity index (χ0n) is 41.0. The molecular formula is C67H45F3N4. The smallest absolute Gasteiger partial charge is 0.309 e. The fraction of sp³-hybridized carbons (Fsp3) is 0.0746. The van der Waals surface area contributed by atoms with E-state index < -0.39 is 11.7 Å². The number of hydrogen-bond acceptors (Lipinski definition) is 2. The van der Waals surface area contributed by atoms with E-state index in [1.165, 1.54) is 6.07 Å². The van der Waals surface area contributed by atoms with Gasteiger partial charge in [0, 0.05) is 27.1 Å². The van der Waals surface area contributed by atoms with Crippen LogP contribution in [0.15, 0.2) is 200 Å². The van der Waals surface area contributed by atoms with Crippen molar-refractivity contribution in [3.8, 4) is 79.1 Å². The lowest BCUT2D eigenvalue weighted by molar-refractivity contribution is -0.137. The van der Waals surface area contributed by atoms with Gasteiger partial charge in [-0.3, -0.25) is 0 Å². The van der Waals surface area contributed by atoms with E-state index in [0.717, 1.165) is 123 Å². The minimum atomic E-state index is -4.76. The lowest BCUT2D eigenvalue weighted by Gasteiger charge is -2.20. The molecule has 12 aromatic rings. The van der Waals surface area contributed by atoms with Gasteiger partial charge in [-0.15, -0.1) is 0 Å². The number of nitrogens with zero attached hydrogens (tertiary/aromatic N) is 4. The number of halogens is 3. The van der Waals surface area contributed by atoms with E-state index in [1.54, 1.807) is 0 Å². The van der Waals surface area contributed by atoms with E-state index in [9.17, 15) is 10.5 Å². The molecule has 0 unspecified atom stereocenters. The van der Waals surface area contributed by atoms with Crippen LogP contribution in [0.3, 0.4) is 0 Å². The number of rotatable bonds is 7. The second-order valence-electron chi connectivity index (χ2n) is 19.5. The maximum atomic E-state index is 15.1. The van der Waals surface area contributed by atoms with Crippen LogP contribution in [0.5, 0.6) is 0 Å². The Morgan fingerprint density at radius 3 is 1.00 bits per heavy atom. The summed E-state index contributed by atoms with van der Waals surface area (Å²) < 4.78 is 49.4. The molecular weight excluding hydrogens is 918 g/mol. The quantitative estimate of drug-likeness (QED) is 0.160. The third kappa shape index (κ3) is 7.96. The van der Waals surface area contributed by atoms with Gasteiger partial charge in [0.05, 0.1) is 56.2 Å². The van der Waals surface area contributed by atoms with Gasteiger partial charge in [-0.1, -0.05) is 168 Å². The molecule has 0 spiro atoms. The van der Waals surface area contributed by atoms with Gasteiger partial charge >= 0.3 is 6.18 Å². The summed E-state index contributed by atoms with van der Waals surface area (Å²) in [6, 6.07) is 70.4. The van der Waals surface area contributed by atoms with Crippen molar-refractivity contribution in [1.82, 2.24) is 9.13 Å². The molecule has 0 radical (unpaired) electrons. The van der Waals surface area contributed by atoms with Gasteiger partial charge in [0.25, 0.3) is 0 Å². The third-order valence-electron chi connectivity index (χ3n) is 14.5. The number of nitriles is 2. The first-order valence-corrected chi connectivity index (χ1v) is 24.5. The number of aromatic nitrogens is 2. The molecule has 2 heterocycles. The van der Waals surface area contributed by atoms with Crippen molar-refractivity contribution in [1.29, 1.82) is 10.5 Å². The molecule has 74 heavy (non-hydrogen) atoms. The van der Waals surface area contributed by atoms with Gasteiger partial charge in [-0.05, 0) is 132 Å². The highest BCUT2D eigenvalue weighted by Gasteiger charge is 2.32. The molecule has 10 aromatic carbocycles. The zero-order valence-corrected chi connectivity index (χ0v) is 41.0. The monoisotopic (exact) mass is 962 g/mol. The van der Waals surface area contributed by atoms with Crippen LogP contribution in [0.25, 0.3) is 111 Å². The van der Waals surface area contributed by atoms with Crippen molar-refractivity contribution < 1.29 is 13.2 Å². The standard InChI is InChI=1S/C67H45F3N4/c1-40-5-13-45(14-6-40)49-21-25-56-57-26-22-50(46-15-7-41(2)8-16-46)33-63(57)73(62(56)32-49)61-37-60(53-29-44(38-71)30-55(31-53)67(68,69)70)66(36-54(61)39-72)74-64-34-51(47-17-9-42(3)10-18-47)23-27-58(64)59-28-24-52(35-65(59)74)48-19-11-43(4)12-20-48/h5-37H,1-4H3. The Morgan fingerprint density at radius 2 is 0.676 bits per heavy atom. The minimum Gasteiger partial charge on any atom is -0.309 e. The number of alkyl halides is 3. The topological polar surface area (TPSA) is 57.4 Å². The predicted molar refractivity (Wildman–Crippen MR) is 296 cm³/mol. The maximum Gasteiger partial charge on any atom is 0.416 e. The summed E-state index contributed by atoms with van der Waals surface area (Å²) >= 11 is 0. The van der Waals surface area contributed by atoms with Crippen LogP contribution < -0.4 is 0 Å². The van der Waals surface area contributed by atoms with E-state index in [1.807, 2.05) is 32.0 Å². The highest BCUT2D eigenvalue weighted by molar-refractivity contribution is 6.13. The van der Waals surface area contributed by atoms with Crippen LogP contribution in [0.2, 0.25) is 0 Å². The summed E-state index contributed by atoms with van der Waals surface area (Å²) in [6.45, 7) is 8.20. The summed E-state index contributed by atoms with van der Waals surface area (Å²) in [5.74, 6) is 0. The van der Waals surface area contributed by atoms with Crippen LogP contribution in [0.4, 0.5) is 13.2 Å². The van der Waals surface area contributed by atoms with Crippen molar-refractivity contribution in [3.63, 3.8) is 0 Å². The molecule has 0 fully saturated rings. The Hall–Kier alpha value is -9.43.